The molecule has 12 heteroatoms. The van der Waals surface area contributed by atoms with Gasteiger partial charge in [-0.1, -0.05) is 0 Å². The minimum atomic E-state index is -0.292. The Labute approximate surface area is 224 Å². The van der Waals surface area contributed by atoms with Crippen molar-refractivity contribution in [2.45, 2.75) is 52.2 Å². The summed E-state index contributed by atoms with van der Waals surface area (Å²) in [5.74, 6) is -0.339. The number of anilines is 2. The predicted molar refractivity (Wildman–Crippen MR) is 147 cm³/mol. The Bertz CT molecular complexity index is 1460. The maximum atomic E-state index is 13.3. The van der Waals surface area contributed by atoms with Crippen LogP contribution in [0.2, 0.25) is 0 Å². The molecule has 1 saturated heterocycles. The van der Waals surface area contributed by atoms with Crippen molar-refractivity contribution in [2.24, 2.45) is 0 Å². The van der Waals surface area contributed by atoms with Crippen LogP contribution in [0.4, 0.5) is 11.4 Å². The van der Waals surface area contributed by atoms with E-state index in [1.807, 2.05) is 24.0 Å². The quantitative estimate of drug-likeness (QED) is 0.335. The molecule has 1 aliphatic heterocycles. The number of methoxy groups -OCH3 is 1. The first-order chi connectivity index (χ1) is 18.3. The van der Waals surface area contributed by atoms with Crippen LogP contribution in [0.25, 0.3) is 15.3 Å². The highest BCUT2D eigenvalue weighted by Crippen LogP contribution is 2.31. The number of amides is 2. The number of fused-ring (bicyclic) bond motifs is 1. The van der Waals surface area contributed by atoms with Crippen LogP contribution in [-0.4, -0.2) is 73.4 Å². The first kappa shape index (κ1) is 26.0. The van der Waals surface area contributed by atoms with E-state index in [2.05, 4.69) is 44.6 Å². The van der Waals surface area contributed by atoms with E-state index in [-0.39, 0.29) is 17.9 Å². The van der Waals surface area contributed by atoms with Crippen molar-refractivity contribution in [2.75, 3.05) is 30.9 Å². The predicted octanol–water partition coefficient (Wildman–Crippen LogP) is 3.67. The number of carbonyl (C=O) groups excluding carboxylic acids is 2. The van der Waals surface area contributed by atoms with Crippen LogP contribution in [0.3, 0.4) is 0 Å². The van der Waals surface area contributed by atoms with Crippen LogP contribution >= 0.6 is 11.3 Å². The Balaban J connectivity index is 1.31. The van der Waals surface area contributed by atoms with Crippen molar-refractivity contribution in [1.82, 2.24) is 29.3 Å². The highest BCUT2D eigenvalue weighted by Gasteiger charge is 2.32. The third-order valence-electron chi connectivity index (χ3n) is 6.75. The number of nitrogens with one attached hydrogen (secondary N) is 2. The molecule has 0 bridgehead atoms. The lowest BCUT2D eigenvalue weighted by Crippen LogP contribution is -2.43. The van der Waals surface area contributed by atoms with Gasteiger partial charge < -0.3 is 15.4 Å². The molecule has 1 aliphatic rings. The zero-order valence-corrected chi connectivity index (χ0v) is 22.8. The van der Waals surface area contributed by atoms with Gasteiger partial charge in [0, 0.05) is 31.1 Å². The Morgan fingerprint density at radius 3 is 2.82 bits per heavy atom. The molecule has 5 heterocycles. The second-order valence-electron chi connectivity index (χ2n) is 9.68. The molecule has 38 heavy (non-hydrogen) atoms. The average Bonchev–Trinajstić information content (AvgIpc) is 3.68. The van der Waals surface area contributed by atoms with Gasteiger partial charge in [0.1, 0.15) is 4.83 Å². The second kappa shape index (κ2) is 11.0. The normalized spacial score (nSPS) is 16.0. The van der Waals surface area contributed by atoms with E-state index >= 15 is 0 Å². The first-order valence-electron chi connectivity index (χ1n) is 12.7. The number of aryl methyl sites for hydroxylation is 1. The number of hydrogen-bond donors (Lipinski definition) is 2. The van der Waals surface area contributed by atoms with Crippen LogP contribution in [0.5, 0.6) is 0 Å². The fourth-order valence-corrected chi connectivity index (χ4v) is 5.74. The summed E-state index contributed by atoms with van der Waals surface area (Å²) in [7, 11) is 1.66. The zero-order chi connectivity index (χ0) is 26.8. The lowest BCUT2D eigenvalue weighted by Gasteiger charge is -2.27. The van der Waals surface area contributed by atoms with E-state index in [1.54, 1.807) is 36.3 Å². The van der Waals surface area contributed by atoms with Gasteiger partial charge in [-0.25, -0.2) is 4.52 Å². The van der Waals surface area contributed by atoms with Crippen LogP contribution in [0, 0.1) is 6.92 Å². The Kier molecular flexibility index (Phi) is 7.54. The van der Waals surface area contributed by atoms with Crippen molar-refractivity contribution in [3.63, 3.8) is 0 Å². The molecular weight excluding hydrogens is 504 g/mol. The summed E-state index contributed by atoms with van der Waals surface area (Å²) in [6, 6.07) is 1.90. The van der Waals surface area contributed by atoms with E-state index < -0.39 is 0 Å². The summed E-state index contributed by atoms with van der Waals surface area (Å²) >= 11 is 1.47. The topological polar surface area (TPSA) is 119 Å². The smallest absolute Gasteiger partial charge is 0.260 e. The summed E-state index contributed by atoms with van der Waals surface area (Å²) in [5, 5.41) is 14.7. The molecule has 4 aromatic heterocycles. The van der Waals surface area contributed by atoms with Crippen LogP contribution in [-0.2, 0) is 16.1 Å². The standard InChI is InChI=1S/C26H32N8O3S/c1-16(2)33-7-5-6-22(33)25(36)30-19-10-21(17(3)27-12-19)31-24(35)20-13-29-34-15-23(38-26(20)34)18-11-28-32(14-18)8-9-37-4/h10-16,22H,5-9H2,1-4H3,(H,30,36)(H,31,35)/t22-/m1/s1. The van der Waals surface area contributed by atoms with Gasteiger partial charge >= 0.3 is 0 Å². The number of ether oxygens (including phenoxy) is 1. The van der Waals surface area contributed by atoms with Crippen LogP contribution in [0.15, 0.2) is 37.1 Å². The maximum absolute atomic E-state index is 13.3. The Hall–Kier alpha value is -3.61. The SMILES string of the molecule is COCCn1cc(-c2cn3ncc(C(=O)Nc4cc(NC(=O)[C@H]5CCCN5C(C)C)cnc4C)c3s2)cn1. The van der Waals surface area contributed by atoms with Crippen molar-refractivity contribution in [3.05, 3.63) is 48.3 Å². The molecule has 4 aromatic rings. The van der Waals surface area contributed by atoms with Gasteiger partial charge in [-0.2, -0.15) is 10.2 Å². The number of carbonyl (C=O) groups is 2. The molecule has 0 radical (unpaired) electrons. The van der Waals surface area contributed by atoms with Gasteiger partial charge in [-0.15, -0.1) is 11.3 Å². The minimum absolute atomic E-state index is 0.0471. The summed E-state index contributed by atoms with van der Waals surface area (Å²) in [6.07, 6.45) is 10.6. The summed E-state index contributed by atoms with van der Waals surface area (Å²) in [5.41, 5.74) is 3.15. The van der Waals surface area contributed by atoms with Gasteiger partial charge in [0.15, 0.2) is 0 Å². The Morgan fingerprint density at radius 1 is 1.18 bits per heavy atom. The second-order valence-corrected chi connectivity index (χ2v) is 10.7. The van der Waals surface area contributed by atoms with Crippen molar-refractivity contribution < 1.29 is 14.3 Å². The molecule has 5 rings (SSSR count). The highest BCUT2D eigenvalue weighted by atomic mass is 32.1. The third kappa shape index (κ3) is 5.33. The molecule has 0 aliphatic carbocycles. The van der Waals surface area contributed by atoms with Gasteiger partial charge in [0.2, 0.25) is 5.91 Å². The van der Waals surface area contributed by atoms with Crippen molar-refractivity contribution in [3.8, 4) is 10.4 Å². The van der Waals surface area contributed by atoms with Gasteiger partial charge in [0.05, 0.1) is 65.3 Å². The molecule has 0 saturated carbocycles. The van der Waals surface area contributed by atoms with Crippen LogP contribution < -0.4 is 10.6 Å². The number of nitrogens with zero attached hydrogens (tertiary/aromatic N) is 6. The maximum Gasteiger partial charge on any atom is 0.260 e. The van der Waals surface area contributed by atoms with Crippen molar-refractivity contribution in [1.29, 1.82) is 0 Å². The molecule has 1 atom stereocenters. The molecule has 0 aromatic carbocycles. The van der Waals surface area contributed by atoms with Crippen LogP contribution in [0.1, 0.15) is 42.7 Å². The number of rotatable bonds is 9. The monoisotopic (exact) mass is 536 g/mol. The van der Waals surface area contributed by atoms with E-state index in [1.165, 1.54) is 11.3 Å². The van der Waals surface area contributed by atoms with E-state index in [4.69, 9.17) is 4.74 Å². The van der Waals surface area contributed by atoms with E-state index in [9.17, 15) is 9.59 Å². The summed E-state index contributed by atoms with van der Waals surface area (Å²) < 4.78 is 8.64. The average molecular weight is 537 g/mol. The number of hydrogen-bond acceptors (Lipinski definition) is 8. The van der Waals surface area contributed by atoms with Gasteiger partial charge in [-0.3, -0.25) is 24.2 Å². The number of pyridine rings is 1. The molecule has 2 N–H and O–H groups in total. The number of thiazole rings is 1. The highest BCUT2D eigenvalue weighted by molar-refractivity contribution is 7.21. The fraction of sp³-hybridized carbons (Fsp3) is 0.423. The molecule has 0 unspecified atom stereocenters. The van der Waals surface area contributed by atoms with Crippen molar-refractivity contribution >= 4 is 39.4 Å². The summed E-state index contributed by atoms with van der Waals surface area (Å²) in [4.78, 5) is 34.5. The zero-order valence-electron chi connectivity index (χ0n) is 22.0. The fourth-order valence-electron chi connectivity index (χ4n) is 4.71. The molecule has 11 nitrogen and oxygen atoms in total. The lowest BCUT2D eigenvalue weighted by atomic mass is 10.2. The number of aromatic nitrogens is 5. The Morgan fingerprint density at radius 2 is 2.03 bits per heavy atom. The van der Waals surface area contributed by atoms with E-state index in [0.717, 1.165) is 34.7 Å². The molecule has 1 fully saturated rings. The first-order valence-corrected chi connectivity index (χ1v) is 13.5. The summed E-state index contributed by atoms with van der Waals surface area (Å²) in [6.45, 7) is 8.19. The molecule has 0 spiro atoms. The lowest BCUT2D eigenvalue weighted by molar-refractivity contribution is -0.120. The van der Waals surface area contributed by atoms with E-state index in [0.29, 0.717) is 41.8 Å². The van der Waals surface area contributed by atoms with Gasteiger partial charge in [0.25, 0.3) is 5.91 Å². The third-order valence-corrected chi connectivity index (χ3v) is 7.91. The van der Waals surface area contributed by atoms with Gasteiger partial charge in [-0.05, 0) is 46.2 Å². The molecule has 2 amide bonds. The minimum Gasteiger partial charge on any atom is -0.383 e. The molecule has 200 valence electrons. The molecular formula is C26H32N8O3S. The largest absolute Gasteiger partial charge is 0.383 e. The number of likely N-dealkylation sites (tertiary alicyclic amines) is 1.